The van der Waals surface area contributed by atoms with Crippen LogP contribution in [0, 0.1) is 5.41 Å². The summed E-state index contributed by atoms with van der Waals surface area (Å²) in [6.07, 6.45) is 2.85. The standard InChI is InChI=1S/C20H41NO3/c1-17(2,3)11-16(24-18(4,5)6)14-23-15-12-19(7,8)21(22)20(9,10)13-15/h15-16,22H,11-14H2,1-10H3. The predicted octanol–water partition coefficient (Wildman–Crippen LogP) is 5.03. The van der Waals surface area contributed by atoms with Gasteiger partial charge in [-0.25, -0.2) is 0 Å². The molecule has 1 rings (SSSR count). The summed E-state index contributed by atoms with van der Waals surface area (Å²) in [6.45, 7) is 21.9. The van der Waals surface area contributed by atoms with Crippen LogP contribution < -0.4 is 0 Å². The fourth-order valence-corrected chi connectivity index (χ4v) is 3.86. The molecule has 0 aromatic rings. The van der Waals surface area contributed by atoms with E-state index >= 15 is 0 Å². The van der Waals surface area contributed by atoms with Crippen LogP contribution in [0.5, 0.6) is 0 Å². The molecule has 144 valence electrons. The second-order valence-corrected chi connectivity index (χ2v) is 10.9. The fraction of sp³-hybridized carbons (Fsp3) is 1.00. The molecule has 1 atom stereocenters. The van der Waals surface area contributed by atoms with E-state index in [4.69, 9.17) is 9.47 Å². The van der Waals surface area contributed by atoms with Gasteiger partial charge in [0.15, 0.2) is 0 Å². The van der Waals surface area contributed by atoms with Crippen molar-refractivity contribution in [1.29, 1.82) is 0 Å². The molecule has 1 aliphatic rings. The van der Waals surface area contributed by atoms with Gasteiger partial charge in [0, 0.05) is 11.1 Å². The number of ether oxygens (including phenoxy) is 2. The number of nitrogens with zero attached hydrogens (tertiary/aromatic N) is 1. The zero-order chi connectivity index (χ0) is 19.0. The maximum Gasteiger partial charge on any atom is 0.0820 e. The van der Waals surface area contributed by atoms with Gasteiger partial charge in [0.05, 0.1) is 24.4 Å². The van der Waals surface area contributed by atoms with Crippen molar-refractivity contribution in [2.45, 2.75) is 117 Å². The molecule has 0 spiro atoms. The van der Waals surface area contributed by atoms with Crippen molar-refractivity contribution in [3.63, 3.8) is 0 Å². The highest BCUT2D eigenvalue weighted by Crippen LogP contribution is 2.38. The summed E-state index contributed by atoms with van der Waals surface area (Å²) in [5.74, 6) is 0. The van der Waals surface area contributed by atoms with Crippen molar-refractivity contribution in [3.05, 3.63) is 0 Å². The van der Waals surface area contributed by atoms with Crippen LogP contribution in [0.15, 0.2) is 0 Å². The molecule has 1 saturated heterocycles. The predicted molar refractivity (Wildman–Crippen MR) is 99.5 cm³/mol. The monoisotopic (exact) mass is 343 g/mol. The Bertz CT molecular complexity index is 370. The first-order valence-electron chi connectivity index (χ1n) is 9.31. The van der Waals surface area contributed by atoms with E-state index in [0.29, 0.717) is 6.61 Å². The van der Waals surface area contributed by atoms with Gasteiger partial charge in [0.2, 0.25) is 0 Å². The molecule has 0 radical (unpaired) electrons. The Morgan fingerprint density at radius 3 is 1.83 bits per heavy atom. The van der Waals surface area contributed by atoms with Gasteiger partial charge in [0.1, 0.15) is 0 Å². The van der Waals surface area contributed by atoms with E-state index in [1.165, 1.54) is 5.06 Å². The average Bonchev–Trinajstić information content (AvgIpc) is 2.28. The maximum absolute atomic E-state index is 10.4. The van der Waals surface area contributed by atoms with Crippen LogP contribution in [0.2, 0.25) is 0 Å². The lowest BCUT2D eigenvalue weighted by molar-refractivity contribution is -0.263. The highest BCUT2D eigenvalue weighted by molar-refractivity contribution is 4.96. The van der Waals surface area contributed by atoms with Crippen LogP contribution in [0.1, 0.15) is 88.5 Å². The SMILES string of the molecule is CC(C)(C)CC(COC1CC(C)(C)N(O)C(C)(C)C1)OC(C)(C)C. The minimum atomic E-state index is -0.281. The first kappa shape index (κ1) is 21.9. The van der Waals surface area contributed by atoms with E-state index in [1.54, 1.807) is 0 Å². The number of hydrogen-bond acceptors (Lipinski definition) is 4. The third-order valence-corrected chi connectivity index (χ3v) is 4.48. The van der Waals surface area contributed by atoms with Gasteiger partial charge in [-0.05, 0) is 73.1 Å². The Kier molecular flexibility index (Phi) is 6.58. The van der Waals surface area contributed by atoms with Gasteiger partial charge in [0.25, 0.3) is 0 Å². The molecule has 4 heteroatoms. The van der Waals surface area contributed by atoms with Crippen LogP contribution in [-0.4, -0.2) is 45.8 Å². The Labute approximate surface area is 149 Å². The summed E-state index contributed by atoms with van der Waals surface area (Å²) >= 11 is 0. The third kappa shape index (κ3) is 6.99. The minimum Gasteiger partial charge on any atom is -0.375 e. The largest absolute Gasteiger partial charge is 0.375 e. The van der Waals surface area contributed by atoms with E-state index in [2.05, 4.69) is 69.2 Å². The van der Waals surface area contributed by atoms with E-state index in [9.17, 15) is 5.21 Å². The second-order valence-electron chi connectivity index (χ2n) is 10.9. The molecule has 1 heterocycles. The van der Waals surface area contributed by atoms with E-state index in [1.807, 2.05) is 0 Å². The molecule has 24 heavy (non-hydrogen) atoms. The van der Waals surface area contributed by atoms with Gasteiger partial charge in [-0.2, -0.15) is 5.06 Å². The molecule has 4 nitrogen and oxygen atoms in total. The molecule has 0 aliphatic carbocycles. The smallest absolute Gasteiger partial charge is 0.0820 e. The van der Waals surface area contributed by atoms with Gasteiger partial charge < -0.3 is 14.7 Å². The lowest BCUT2D eigenvalue weighted by Gasteiger charge is -2.51. The molecule has 0 aromatic heterocycles. The van der Waals surface area contributed by atoms with E-state index < -0.39 is 0 Å². The zero-order valence-corrected chi connectivity index (χ0v) is 17.7. The van der Waals surface area contributed by atoms with E-state index in [-0.39, 0.29) is 34.3 Å². The Morgan fingerprint density at radius 1 is 1.00 bits per heavy atom. The van der Waals surface area contributed by atoms with Crippen LogP contribution in [0.3, 0.4) is 0 Å². The quantitative estimate of drug-likeness (QED) is 0.760. The summed E-state index contributed by atoms with van der Waals surface area (Å²) in [7, 11) is 0. The molecule has 0 aromatic carbocycles. The molecule has 0 bridgehead atoms. The highest BCUT2D eigenvalue weighted by atomic mass is 16.6. The summed E-state index contributed by atoms with van der Waals surface area (Å²) in [5, 5.41) is 11.9. The lowest BCUT2D eigenvalue weighted by atomic mass is 9.80. The summed E-state index contributed by atoms with van der Waals surface area (Å²) < 4.78 is 12.5. The molecule has 1 aliphatic heterocycles. The molecule has 0 saturated carbocycles. The van der Waals surface area contributed by atoms with E-state index in [0.717, 1.165) is 19.3 Å². The molecular formula is C20H41NO3. The Morgan fingerprint density at radius 2 is 1.46 bits per heavy atom. The average molecular weight is 344 g/mol. The van der Waals surface area contributed by atoms with Gasteiger partial charge in [-0.3, -0.25) is 0 Å². The number of rotatable bonds is 5. The molecule has 1 unspecified atom stereocenters. The first-order valence-corrected chi connectivity index (χ1v) is 9.31. The highest BCUT2D eigenvalue weighted by Gasteiger charge is 2.45. The lowest BCUT2D eigenvalue weighted by Crippen LogP contribution is -2.60. The molecule has 1 fully saturated rings. The number of hydrogen-bond donors (Lipinski definition) is 1. The number of hydroxylamine groups is 2. The van der Waals surface area contributed by atoms with Gasteiger partial charge in [-0.1, -0.05) is 20.8 Å². The fourth-order valence-electron chi connectivity index (χ4n) is 3.86. The third-order valence-electron chi connectivity index (χ3n) is 4.48. The summed E-state index contributed by atoms with van der Waals surface area (Å²) in [4.78, 5) is 0. The normalized spacial score (nSPS) is 24.1. The van der Waals surface area contributed by atoms with Gasteiger partial charge in [-0.15, -0.1) is 0 Å². The maximum atomic E-state index is 10.4. The molecule has 0 amide bonds. The Balaban J connectivity index is 2.72. The van der Waals surface area contributed by atoms with Crippen molar-refractivity contribution in [2.75, 3.05) is 6.61 Å². The van der Waals surface area contributed by atoms with Crippen molar-refractivity contribution >= 4 is 0 Å². The van der Waals surface area contributed by atoms with Crippen molar-refractivity contribution in [3.8, 4) is 0 Å². The van der Waals surface area contributed by atoms with Crippen LogP contribution in [0.25, 0.3) is 0 Å². The van der Waals surface area contributed by atoms with Crippen molar-refractivity contribution in [2.24, 2.45) is 5.41 Å². The van der Waals surface area contributed by atoms with Crippen LogP contribution in [0.4, 0.5) is 0 Å². The molecular weight excluding hydrogens is 302 g/mol. The number of piperidine rings is 1. The molecule has 1 N–H and O–H groups in total. The van der Waals surface area contributed by atoms with Crippen LogP contribution >= 0.6 is 0 Å². The topological polar surface area (TPSA) is 41.9 Å². The second kappa shape index (κ2) is 7.22. The summed E-state index contributed by atoms with van der Waals surface area (Å²) in [6, 6.07) is 0. The van der Waals surface area contributed by atoms with Crippen molar-refractivity contribution < 1.29 is 14.7 Å². The zero-order valence-electron chi connectivity index (χ0n) is 17.7. The van der Waals surface area contributed by atoms with Gasteiger partial charge >= 0.3 is 0 Å². The van der Waals surface area contributed by atoms with Crippen LogP contribution in [-0.2, 0) is 9.47 Å². The van der Waals surface area contributed by atoms with Crippen molar-refractivity contribution in [1.82, 2.24) is 5.06 Å². The first-order chi connectivity index (χ1) is 10.5. The Hall–Kier alpha value is -0.160. The summed E-state index contributed by atoms with van der Waals surface area (Å²) in [5.41, 5.74) is -0.536. The minimum absolute atomic E-state index is 0.0865.